The fourth-order valence-corrected chi connectivity index (χ4v) is 6.42. The quantitative estimate of drug-likeness (QED) is 0.553. The molecule has 0 heterocycles. The number of nitrogens with zero attached hydrogens (tertiary/aromatic N) is 1. The van der Waals surface area contributed by atoms with Crippen molar-refractivity contribution in [2.75, 3.05) is 41.0 Å². The van der Waals surface area contributed by atoms with E-state index in [0.717, 1.165) is 38.0 Å². The molecular formula is C25H37NO3. The topological polar surface area (TPSA) is 41.9 Å². The summed E-state index contributed by atoms with van der Waals surface area (Å²) in [5.74, 6) is 3.03. The molecule has 0 bridgehead atoms. The molecule has 0 unspecified atom stereocenters. The Labute approximate surface area is 175 Å². The second-order valence-electron chi connectivity index (χ2n) is 9.74. The molecule has 4 heteroatoms. The van der Waals surface area contributed by atoms with Crippen molar-refractivity contribution >= 4 is 0 Å². The van der Waals surface area contributed by atoms with Crippen molar-refractivity contribution in [3.8, 4) is 11.5 Å². The number of aryl methyl sites for hydroxylation is 1. The average molecular weight is 400 g/mol. The number of hydrogen-bond donors (Lipinski definition) is 1. The van der Waals surface area contributed by atoms with Crippen LogP contribution in [-0.4, -0.2) is 51.0 Å². The largest absolute Gasteiger partial charge is 0.504 e. The van der Waals surface area contributed by atoms with Crippen LogP contribution in [0.1, 0.15) is 56.1 Å². The first-order valence-electron chi connectivity index (χ1n) is 11.3. The molecule has 0 aromatic heterocycles. The van der Waals surface area contributed by atoms with Gasteiger partial charge in [-0.15, -0.1) is 0 Å². The van der Waals surface area contributed by atoms with E-state index in [1.165, 1.54) is 43.2 Å². The number of allylic oxidation sites excluding steroid dienone is 1. The summed E-state index contributed by atoms with van der Waals surface area (Å²) in [4.78, 5) is 2.16. The molecule has 0 saturated heterocycles. The van der Waals surface area contributed by atoms with Crippen LogP contribution >= 0.6 is 0 Å². The van der Waals surface area contributed by atoms with E-state index in [4.69, 9.17) is 9.47 Å². The van der Waals surface area contributed by atoms with Gasteiger partial charge in [-0.1, -0.05) is 18.6 Å². The van der Waals surface area contributed by atoms with Gasteiger partial charge in [0.1, 0.15) is 0 Å². The fourth-order valence-electron chi connectivity index (χ4n) is 6.42. The molecule has 3 aliphatic rings. The molecule has 3 aliphatic carbocycles. The van der Waals surface area contributed by atoms with Crippen molar-refractivity contribution in [3.05, 3.63) is 34.9 Å². The van der Waals surface area contributed by atoms with Gasteiger partial charge in [0.05, 0.1) is 20.3 Å². The number of phenolic OH excluding ortho intramolecular Hbond substituents is 1. The van der Waals surface area contributed by atoms with E-state index in [1.54, 1.807) is 12.7 Å². The Balaban J connectivity index is 1.49. The Morgan fingerprint density at radius 3 is 2.79 bits per heavy atom. The highest BCUT2D eigenvalue weighted by molar-refractivity contribution is 5.49. The summed E-state index contributed by atoms with van der Waals surface area (Å²) in [6.45, 7) is 5.04. The number of aromatic hydroxyl groups is 1. The van der Waals surface area contributed by atoms with Crippen LogP contribution in [0.15, 0.2) is 23.8 Å². The number of ether oxygens (including phenoxy) is 2. The lowest BCUT2D eigenvalue weighted by atomic mass is 9.55. The van der Waals surface area contributed by atoms with E-state index in [1.807, 2.05) is 6.07 Å². The first-order chi connectivity index (χ1) is 13.9. The Hall–Kier alpha value is -1.52. The van der Waals surface area contributed by atoms with Gasteiger partial charge in [-0.3, -0.25) is 0 Å². The maximum Gasteiger partial charge on any atom is 0.160 e. The van der Waals surface area contributed by atoms with Gasteiger partial charge in [0.15, 0.2) is 11.5 Å². The minimum atomic E-state index is 0.283. The van der Waals surface area contributed by atoms with Gasteiger partial charge in [-0.05, 0) is 99.0 Å². The summed E-state index contributed by atoms with van der Waals surface area (Å²) < 4.78 is 11.3. The van der Waals surface area contributed by atoms with Crippen LogP contribution in [0, 0.1) is 17.3 Å². The third-order valence-electron chi connectivity index (χ3n) is 8.00. The highest BCUT2D eigenvalue weighted by Crippen LogP contribution is 2.63. The third-order valence-corrected chi connectivity index (χ3v) is 8.00. The number of methoxy groups -OCH3 is 1. The number of fused-ring (bicyclic) bond motifs is 5. The first-order valence-corrected chi connectivity index (χ1v) is 11.3. The molecule has 2 saturated carbocycles. The van der Waals surface area contributed by atoms with Gasteiger partial charge in [0.2, 0.25) is 0 Å². The van der Waals surface area contributed by atoms with Crippen LogP contribution in [0.3, 0.4) is 0 Å². The first kappa shape index (κ1) is 20.7. The summed E-state index contributed by atoms with van der Waals surface area (Å²) >= 11 is 0. The standard InChI is InChI=1S/C25H37NO3/c1-25-11-9-19-20(7-5-17-15-23(27)24(28-4)16-21(17)19)22(25)8-6-18(25)10-13-29-14-12-26(2)3/h10,15-16,19-20,22,27H,5-9,11-14H2,1-4H3/b18-10+/t19-,20+,22-,25+/m0/s1. The average Bonchev–Trinajstić information content (AvgIpc) is 3.03. The lowest BCUT2D eigenvalue weighted by molar-refractivity contribution is 0.0800. The molecular weight excluding hydrogens is 362 g/mol. The summed E-state index contributed by atoms with van der Waals surface area (Å²) in [7, 11) is 5.82. The predicted octanol–water partition coefficient (Wildman–Crippen LogP) is 4.76. The molecule has 1 aromatic carbocycles. The Morgan fingerprint density at radius 1 is 1.21 bits per heavy atom. The zero-order chi connectivity index (χ0) is 20.6. The lowest BCUT2D eigenvalue weighted by Crippen LogP contribution is -2.40. The SMILES string of the molecule is COc1cc2c(cc1O)CC[C@@H]1[C@@H]2CC[C@]2(C)/C(=C/COCCN(C)C)CC[C@@H]12. The molecule has 0 aliphatic heterocycles. The van der Waals surface area contributed by atoms with E-state index >= 15 is 0 Å². The Bertz CT molecular complexity index is 772. The van der Waals surface area contributed by atoms with Crippen molar-refractivity contribution < 1.29 is 14.6 Å². The van der Waals surface area contributed by atoms with E-state index in [0.29, 0.717) is 17.1 Å². The predicted molar refractivity (Wildman–Crippen MR) is 117 cm³/mol. The summed E-state index contributed by atoms with van der Waals surface area (Å²) in [5.41, 5.74) is 4.74. The van der Waals surface area contributed by atoms with E-state index < -0.39 is 0 Å². The van der Waals surface area contributed by atoms with Crippen LogP contribution in [-0.2, 0) is 11.2 Å². The van der Waals surface area contributed by atoms with Crippen molar-refractivity contribution in [3.63, 3.8) is 0 Å². The number of hydrogen-bond acceptors (Lipinski definition) is 4. The van der Waals surface area contributed by atoms with Gasteiger partial charge in [0, 0.05) is 6.54 Å². The molecule has 2 fully saturated rings. The smallest absolute Gasteiger partial charge is 0.160 e. The molecule has 1 N–H and O–H groups in total. The monoisotopic (exact) mass is 399 g/mol. The van der Waals surface area contributed by atoms with Crippen LogP contribution in [0.2, 0.25) is 0 Å². The second-order valence-corrected chi connectivity index (χ2v) is 9.74. The minimum absolute atomic E-state index is 0.283. The fraction of sp³-hybridized carbons (Fsp3) is 0.680. The van der Waals surface area contributed by atoms with Crippen LogP contribution in [0.5, 0.6) is 11.5 Å². The number of phenols is 1. The van der Waals surface area contributed by atoms with Gasteiger partial charge >= 0.3 is 0 Å². The lowest BCUT2D eigenvalue weighted by Gasteiger charge is -2.49. The molecule has 0 amide bonds. The number of benzene rings is 1. The second kappa shape index (κ2) is 8.31. The molecule has 4 rings (SSSR count). The molecule has 4 nitrogen and oxygen atoms in total. The molecule has 160 valence electrons. The third kappa shape index (κ3) is 3.82. The minimum Gasteiger partial charge on any atom is -0.504 e. The van der Waals surface area contributed by atoms with E-state index in [-0.39, 0.29) is 5.75 Å². The van der Waals surface area contributed by atoms with Crippen molar-refractivity contribution in [1.29, 1.82) is 0 Å². The maximum atomic E-state index is 10.2. The van der Waals surface area contributed by atoms with Crippen molar-refractivity contribution in [2.45, 2.75) is 51.4 Å². The molecule has 1 aromatic rings. The van der Waals surface area contributed by atoms with Gasteiger partial charge in [0.25, 0.3) is 0 Å². The Morgan fingerprint density at radius 2 is 2.03 bits per heavy atom. The summed E-state index contributed by atoms with van der Waals surface area (Å²) in [6.07, 6.45) is 9.75. The van der Waals surface area contributed by atoms with E-state index in [2.05, 4.69) is 38.1 Å². The molecule has 0 spiro atoms. The zero-order valence-electron chi connectivity index (χ0n) is 18.5. The number of rotatable bonds is 6. The zero-order valence-corrected chi connectivity index (χ0v) is 18.5. The summed E-state index contributed by atoms with van der Waals surface area (Å²) in [5, 5.41) is 10.2. The van der Waals surface area contributed by atoms with Gasteiger partial charge in [-0.2, -0.15) is 0 Å². The van der Waals surface area contributed by atoms with Crippen LogP contribution in [0.25, 0.3) is 0 Å². The Kier molecular flexibility index (Phi) is 5.94. The molecule has 4 atom stereocenters. The van der Waals surface area contributed by atoms with Crippen molar-refractivity contribution in [2.24, 2.45) is 17.3 Å². The maximum absolute atomic E-state index is 10.2. The van der Waals surface area contributed by atoms with Gasteiger partial charge in [-0.25, -0.2) is 0 Å². The highest BCUT2D eigenvalue weighted by Gasteiger charge is 2.52. The van der Waals surface area contributed by atoms with Crippen molar-refractivity contribution in [1.82, 2.24) is 4.90 Å². The van der Waals surface area contributed by atoms with Crippen LogP contribution < -0.4 is 4.74 Å². The molecule has 0 radical (unpaired) electrons. The number of likely N-dealkylation sites (N-methyl/N-ethyl adjacent to an activating group) is 1. The van der Waals surface area contributed by atoms with E-state index in [9.17, 15) is 5.11 Å². The molecule has 29 heavy (non-hydrogen) atoms. The summed E-state index contributed by atoms with van der Waals surface area (Å²) in [6, 6.07) is 4.07. The van der Waals surface area contributed by atoms with Gasteiger partial charge < -0.3 is 19.5 Å². The highest BCUT2D eigenvalue weighted by atomic mass is 16.5. The normalized spacial score (nSPS) is 32.2. The van der Waals surface area contributed by atoms with Crippen LogP contribution in [0.4, 0.5) is 0 Å².